The molecular weight excluding hydrogens is 1050 g/mol. The third kappa shape index (κ3) is 13.3. The van der Waals surface area contributed by atoms with Crippen LogP contribution in [0.15, 0.2) is 72.9 Å². The number of nitrogen functional groups attached to an aromatic ring is 1. The molecule has 0 spiro atoms. The molecule has 9 rings (SSSR count). The van der Waals surface area contributed by atoms with Gasteiger partial charge < -0.3 is 55.4 Å². The summed E-state index contributed by atoms with van der Waals surface area (Å²) in [6, 6.07) is 17.3. The lowest BCUT2D eigenvalue weighted by molar-refractivity contribution is -0.147. The molecule has 4 aliphatic rings. The van der Waals surface area contributed by atoms with Gasteiger partial charge in [-0.2, -0.15) is 4.68 Å². The number of hydrogen-bond acceptors (Lipinski definition) is 13. The molecule has 5 atom stereocenters. The van der Waals surface area contributed by atoms with Crippen LogP contribution in [-0.2, 0) is 61.1 Å². The van der Waals surface area contributed by atoms with Gasteiger partial charge in [0, 0.05) is 56.7 Å². The number of amides is 4. The highest BCUT2D eigenvalue weighted by atomic mass is 19.1. The van der Waals surface area contributed by atoms with Gasteiger partial charge in [-0.1, -0.05) is 57.7 Å². The number of nitrogens with zero attached hydrogens (tertiary/aromatic N) is 7. The fourth-order valence-corrected chi connectivity index (χ4v) is 11.7. The maximum Gasteiger partial charge on any atom is 0.260 e. The number of fused-ring (bicyclic) bond motifs is 10. The molecule has 3 aromatic carbocycles. The Morgan fingerprint density at radius 2 is 1.70 bits per heavy atom. The highest BCUT2D eigenvalue weighted by molar-refractivity contribution is 5.97. The number of ether oxygens (including phenoxy) is 3. The van der Waals surface area contributed by atoms with Crippen LogP contribution < -0.4 is 31.3 Å². The zero-order valence-corrected chi connectivity index (χ0v) is 47.9. The van der Waals surface area contributed by atoms with E-state index >= 15 is 0 Å². The van der Waals surface area contributed by atoms with E-state index in [1.807, 2.05) is 57.2 Å². The van der Waals surface area contributed by atoms with Crippen molar-refractivity contribution in [3.63, 3.8) is 0 Å². The van der Waals surface area contributed by atoms with Crippen LogP contribution in [0, 0.1) is 17.8 Å². The van der Waals surface area contributed by atoms with E-state index in [0.717, 1.165) is 42.4 Å². The minimum atomic E-state index is -0.904. The molecule has 82 heavy (non-hydrogen) atoms. The summed E-state index contributed by atoms with van der Waals surface area (Å²) in [5, 5.41) is 14.1. The lowest BCUT2D eigenvalue weighted by Gasteiger charge is -2.41. The van der Waals surface area contributed by atoms with Gasteiger partial charge in [0.1, 0.15) is 47.6 Å². The Balaban J connectivity index is 0.751. The summed E-state index contributed by atoms with van der Waals surface area (Å²) in [5.74, 6) is -0.466. The number of likely N-dealkylation sites (N-methyl/N-ethyl adjacent to an activating group) is 1. The van der Waals surface area contributed by atoms with E-state index < -0.39 is 29.4 Å². The van der Waals surface area contributed by atoms with E-state index in [-0.39, 0.29) is 119 Å². The van der Waals surface area contributed by atoms with Crippen LogP contribution in [0.4, 0.5) is 21.7 Å². The molecule has 1 aliphatic carbocycles. The largest absolute Gasteiger partial charge is 0.491 e. The second kappa shape index (κ2) is 26.0. The maximum atomic E-state index is 14.8. The summed E-state index contributed by atoms with van der Waals surface area (Å²) in [4.78, 5) is 83.1. The number of Topliss-reactive ketones (excluding diaryl/α,β-unsaturated/α-hetero) is 1. The van der Waals surface area contributed by atoms with E-state index in [2.05, 4.69) is 42.8 Å². The van der Waals surface area contributed by atoms with E-state index in [9.17, 15) is 28.4 Å². The van der Waals surface area contributed by atoms with Gasteiger partial charge in [-0.3, -0.25) is 24.0 Å². The number of rotatable bonds is 20. The summed E-state index contributed by atoms with van der Waals surface area (Å²) >= 11 is 0. The van der Waals surface area contributed by atoms with Gasteiger partial charge in [-0.15, -0.1) is 5.10 Å². The van der Waals surface area contributed by atoms with Gasteiger partial charge in [-0.25, -0.2) is 9.37 Å². The molecule has 434 valence electrons. The molecule has 19 nitrogen and oxygen atoms in total. The van der Waals surface area contributed by atoms with Gasteiger partial charge in [0.2, 0.25) is 17.7 Å². The second-order valence-electron chi connectivity index (χ2n) is 22.9. The molecule has 0 saturated carbocycles. The number of hydrogen-bond donors (Lipinski definition) is 4. The van der Waals surface area contributed by atoms with Crippen LogP contribution in [0.1, 0.15) is 129 Å². The maximum absolute atomic E-state index is 14.8. The molecule has 3 aliphatic heterocycles. The van der Waals surface area contributed by atoms with Crippen LogP contribution in [0.3, 0.4) is 0 Å². The van der Waals surface area contributed by atoms with Crippen LogP contribution >= 0.6 is 0 Å². The Morgan fingerprint density at radius 1 is 0.915 bits per heavy atom. The zero-order valence-electron chi connectivity index (χ0n) is 47.9. The number of carbonyl (C=O) groups is 5. The lowest BCUT2D eigenvalue weighted by atomic mass is 9.83. The molecule has 2 bridgehead atoms. The predicted molar refractivity (Wildman–Crippen MR) is 308 cm³/mol. The fraction of sp³-hybridized carbons (Fsp3) is 0.484. The van der Waals surface area contributed by atoms with Gasteiger partial charge in [0.05, 0.1) is 63.3 Å². The number of anilines is 2. The van der Waals surface area contributed by atoms with Gasteiger partial charge in [0.15, 0.2) is 0 Å². The zero-order chi connectivity index (χ0) is 58.2. The summed E-state index contributed by atoms with van der Waals surface area (Å²) < 4.78 is 34.0. The molecule has 2 aromatic heterocycles. The van der Waals surface area contributed by atoms with Crippen molar-refractivity contribution in [1.82, 2.24) is 40.5 Å². The van der Waals surface area contributed by atoms with Gasteiger partial charge in [-0.05, 0) is 128 Å². The van der Waals surface area contributed by atoms with E-state index in [1.54, 1.807) is 36.8 Å². The average molecular weight is 1120 g/mol. The van der Waals surface area contributed by atoms with Gasteiger partial charge in [0.25, 0.3) is 11.7 Å². The molecule has 1 saturated heterocycles. The Morgan fingerprint density at radius 3 is 2.48 bits per heavy atom. The smallest absolute Gasteiger partial charge is 0.260 e. The number of nitrogens with two attached hydrogens (primary N) is 1. The fourth-order valence-electron chi connectivity index (χ4n) is 11.7. The van der Waals surface area contributed by atoms with Crippen molar-refractivity contribution in [2.24, 2.45) is 5.41 Å². The van der Waals surface area contributed by atoms with Crippen molar-refractivity contribution < 1.29 is 42.6 Å². The third-order valence-electron chi connectivity index (χ3n) is 16.2. The Kier molecular flexibility index (Phi) is 18.7. The first-order valence-corrected chi connectivity index (χ1v) is 28.6. The summed E-state index contributed by atoms with van der Waals surface area (Å²) in [6.45, 7) is 18.1. The number of benzene rings is 3. The number of halogens is 1. The highest BCUT2D eigenvalue weighted by Crippen LogP contribution is 2.44. The van der Waals surface area contributed by atoms with Crippen molar-refractivity contribution in [3.8, 4) is 16.9 Å². The van der Waals surface area contributed by atoms with Crippen LogP contribution in [0.2, 0.25) is 0 Å². The first-order valence-electron chi connectivity index (χ1n) is 28.6. The molecule has 5 N–H and O–H groups in total. The topological polar surface area (TPSA) is 220 Å². The molecule has 0 radical (unpaired) electrons. The van der Waals surface area contributed by atoms with Crippen LogP contribution in [0.25, 0.3) is 16.0 Å². The van der Waals surface area contributed by atoms with Crippen LogP contribution in [-0.4, -0.2) is 126 Å². The van der Waals surface area contributed by atoms with Crippen molar-refractivity contribution >= 4 is 46.7 Å². The highest BCUT2D eigenvalue weighted by Gasteiger charge is 2.43. The number of aromatic nitrogens is 3. The number of pyridine rings is 1. The number of aryl methyl sites for hydroxylation is 2. The minimum Gasteiger partial charge on any atom is -0.491 e. The minimum absolute atomic E-state index is 0.000440. The quantitative estimate of drug-likeness (QED) is 0.0437. The molecule has 4 amide bonds. The summed E-state index contributed by atoms with van der Waals surface area (Å²) in [6.07, 6.45) is 6.96. The van der Waals surface area contributed by atoms with Crippen LogP contribution in [0.5, 0.6) is 5.75 Å². The van der Waals surface area contributed by atoms with Crippen molar-refractivity contribution in [3.05, 3.63) is 129 Å². The van der Waals surface area contributed by atoms with E-state index in [1.165, 1.54) is 28.7 Å². The average Bonchev–Trinajstić information content (AvgIpc) is 4.25. The number of carbonyl (C=O) groups excluding carboxylic acids is 5. The first kappa shape index (κ1) is 58.9. The normalized spacial score (nSPS) is 18.3. The SMILES string of the molecule is [C-]#[N+]c1c2c(nn1CCCC(=O)CCOCCOCCOc1ccc3c(c1)CN(C(=O)[C@@H](NC(=O)[C@H](C)NC)C(C)(C)C)[C@H](C(=O)N[C@@H]1CCCc4ccccc41)C3)CN(C)C(=O)c1ccc(F)cc1[C@H]1CCCN1c1cc-2cnc1N. The monoisotopic (exact) mass is 1120 g/mol. The molecule has 1 fully saturated rings. The Bertz CT molecular complexity index is 3220. The summed E-state index contributed by atoms with van der Waals surface area (Å²) in [5.41, 5.74) is 13.2. The van der Waals surface area contributed by atoms with E-state index in [4.69, 9.17) is 31.6 Å². The predicted octanol–water partition coefficient (Wildman–Crippen LogP) is 7.58. The third-order valence-corrected chi connectivity index (χ3v) is 16.2. The van der Waals surface area contributed by atoms with Gasteiger partial charge >= 0.3 is 0 Å². The molecular formula is C62H76FN11O8. The lowest BCUT2D eigenvalue weighted by Crippen LogP contribution is -2.62. The van der Waals surface area contributed by atoms with Crippen molar-refractivity contribution in [2.45, 2.75) is 135 Å². The molecule has 0 unspecified atom stereocenters. The standard InChI is InChI=1S/C62H76FN11O8/c1-38(65-5)58(76)69-55(62(2,3)4)61(79)73-36-42-31-45(21-19-40(42)32-53(73)59(77)68-49-17-10-14-39-13-8-9-16-46(39)49)82-30-29-81-28-27-80-26-23-44(75)15-11-25-74-57(66-6)54-41-33-52(56(64)67-35-41)72-24-12-18-51(72)48-34-43(63)20-22-47(48)60(78)71(7)37-50(54)70-74/h8-9,13,16,19-22,31,33-35,38,49,51,53,55,65H,10-12,14-15,17-18,23-30,32,36-37H2,1-5,7H3,(H2,64,67)(H,68,77)(H,69,76)/t38-,49+,51+,53-,55+/m0/s1. The van der Waals surface area contributed by atoms with Crippen molar-refractivity contribution in [2.75, 3.05) is 64.3 Å². The number of ketones is 1. The molecule has 20 heteroatoms. The molecule has 5 aromatic rings. The Labute approximate surface area is 479 Å². The number of nitrogens with one attached hydrogen (secondary N) is 3. The van der Waals surface area contributed by atoms with Crippen molar-refractivity contribution in [1.29, 1.82) is 0 Å². The first-order chi connectivity index (χ1) is 39.4. The Hall–Kier alpha value is -7.73. The molecule has 5 heterocycles. The van der Waals surface area contributed by atoms with E-state index in [0.29, 0.717) is 65.2 Å². The second-order valence-corrected chi connectivity index (χ2v) is 22.9. The summed E-state index contributed by atoms with van der Waals surface area (Å²) in [7, 11) is 3.35.